The summed E-state index contributed by atoms with van der Waals surface area (Å²) >= 11 is 0. The summed E-state index contributed by atoms with van der Waals surface area (Å²) < 4.78 is 5.50. The number of aliphatic hydroxyl groups excluding tert-OH is 2. The second-order valence-electron chi connectivity index (χ2n) is 27.8. The van der Waals surface area contributed by atoms with Crippen LogP contribution in [0.3, 0.4) is 0 Å². The molecule has 0 heterocycles. The van der Waals surface area contributed by atoms with Gasteiger partial charge in [-0.3, -0.25) is 9.59 Å². The highest BCUT2D eigenvalue weighted by Crippen LogP contribution is 2.20. The van der Waals surface area contributed by atoms with E-state index in [2.05, 4.69) is 31.3 Å². The zero-order valence-corrected chi connectivity index (χ0v) is 58.8. The van der Waals surface area contributed by atoms with Gasteiger partial charge in [0.2, 0.25) is 5.91 Å². The first-order valence-electron chi connectivity index (χ1n) is 39.9. The minimum Gasteiger partial charge on any atom is -0.466 e. The van der Waals surface area contributed by atoms with E-state index in [0.29, 0.717) is 25.9 Å². The van der Waals surface area contributed by atoms with Crippen LogP contribution in [0.5, 0.6) is 0 Å². The summed E-state index contributed by atoms with van der Waals surface area (Å²) in [5.74, 6) is -0.00539. The number of nitrogens with one attached hydrogen (secondary N) is 1. The molecule has 0 radical (unpaired) electrons. The van der Waals surface area contributed by atoms with Gasteiger partial charge in [-0.05, 0) is 51.4 Å². The van der Waals surface area contributed by atoms with E-state index < -0.39 is 12.1 Å². The molecule has 6 nitrogen and oxygen atoms in total. The summed E-state index contributed by atoms with van der Waals surface area (Å²) in [7, 11) is 0. The van der Waals surface area contributed by atoms with E-state index in [4.69, 9.17) is 4.74 Å². The number of esters is 1. The summed E-state index contributed by atoms with van der Waals surface area (Å²) in [6.07, 6.45) is 95.9. The van der Waals surface area contributed by atoms with Gasteiger partial charge in [0.25, 0.3) is 0 Å². The normalized spacial score (nSPS) is 12.5. The molecule has 0 aromatic carbocycles. The minimum absolute atomic E-state index is 0.0213. The topological polar surface area (TPSA) is 95.9 Å². The van der Waals surface area contributed by atoms with Crippen molar-refractivity contribution in [3.05, 3.63) is 12.2 Å². The molecule has 0 aromatic rings. The van der Waals surface area contributed by atoms with Crippen LogP contribution in [-0.2, 0) is 14.3 Å². The largest absolute Gasteiger partial charge is 0.466 e. The molecule has 0 bridgehead atoms. The second kappa shape index (κ2) is 76.1. The Balaban J connectivity index is 3.35. The molecule has 512 valence electrons. The van der Waals surface area contributed by atoms with Crippen molar-refractivity contribution in [1.82, 2.24) is 5.32 Å². The number of hydrogen-bond acceptors (Lipinski definition) is 5. The third-order valence-electron chi connectivity index (χ3n) is 19.1. The predicted octanol–water partition coefficient (Wildman–Crippen LogP) is 26.3. The van der Waals surface area contributed by atoms with Crippen molar-refractivity contribution < 1.29 is 24.5 Å². The van der Waals surface area contributed by atoms with Crippen LogP contribution in [0, 0.1) is 0 Å². The molecule has 0 rings (SSSR count). The SMILES string of the molecule is CCCCCCCCCCCCCCCCCCCCCCCCCCC(O)C(CO)NC(=O)CCCCCCCCCCCCCCCCC/C=C\CCCCCCCCCCCCCCOC(=O)CCCCCCCCCCCCCCCC. The van der Waals surface area contributed by atoms with Gasteiger partial charge >= 0.3 is 5.97 Å². The fraction of sp³-hybridized carbons (Fsp3) is 0.950. The molecule has 0 fully saturated rings. The van der Waals surface area contributed by atoms with Crippen LogP contribution in [0.15, 0.2) is 12.2 Å². The molecule has 0 saturated carbocycles. The molecular weight excluding hydrogens is 1050 g/mol. The summed E-state index contributed by atoms with van der Waals surface area (Å²) in [6, 6.07) is -0.541. The van der Waals surface area contributed by atoms with Gasteiger partial charge < -0.3 is 20.3 Å². The molecule has 0 saturated heterocycles. The van der Waals surface area contributed by atoms with E-state index in [1.165, 1.54) is 392 Å². The van der Waals surface area contributed by atoms with Gasteiger partial charge in [0, 0.05) is 12.8 Å². The standard InChI is InChI=1S/C80H157NO5/c1-3-5-7-9-11-13-15-17-19-20-21-22-23-33-36-39-42-45-48-52-56-60-64-68-72-78(83)77(76-82)81-79(84)73-69-65-61-57-53-49-46-43-40-37-34-31-29-27-25-24-26-28-30-32-35-38-41-44-47-51-55-59-63-67-71-75-86-80(85)74-70-66-62-58-54-50-18-16-14-12-10-8-6-4-2/h26,28,77-78,82-83H,3-25,27,29-76H2,1-2H3,(H,81,84)/b28-26-. The van der Waals surface area contributed by atoms with Crippen LogP contribution >= 0.6 is 0 Å². The van der Waals surface area contributed by atoms with E-state index in [1.807, 2.05) is 0 Å². The number of amides is 1. The maximum Gasteiger partial charge on any atom is 0.305 e. The number of carbonyl (C=O) groups is 2. The maximum absolute atomic E-state index is 12.6. The van der Waals surface area contributed by atoms with Crippen LogP contribution in [-0.4, -0.2) is 47.4 Å². The van der Waals surface area contributed by atoms with Gasteiger partial charge in [0.05, 0.1) is 25.4 Å². The zero-order chi connectivity index (χ0) is 62.0. The number of hydrogen-bond donors (Lipinski definition) is 3. The van der Waals surface area contributed by atoms with Crippen molar-refractivity contribution >= 4 is 11.9 Å². The Hall–Kier alpha value is -1.40. The van der Waals surface area contributed by atoms with E-state index in [9.17, 15) is 19.8 Å². The number of allylic oxidation sites excluding steroid dienone is 2. The van der Waals surface area contributed by atoms with Crippen molar-refractivity contribution in [2.45, 2.75) is 475 Å². The molecule has 0 aliphatic heterocycles. The van der Waals surface area contributed by atoms with Gasteiger partial charge in [0.1, 0.15) is 0 Å². The Morgan fingerprint density at radius 2 is 0.547 bits per heavy atom. The van der Waals surface area contributed by atoms with Crippen LogP contribution in [0.4, 0.5) is 0 Å². The van der Waals surface area contributed by atoms with Crippen molar-refractivity contribution in [2.75, 3.05) is 13.2 Å². The highest BCUT2D eigenvalue weighted by atomic mass is 16.5. The highest BCUT2D eigenvalue weighted by Gasteiger charge is 2.20. The van der Waals surface area contributed by atoms with Crippen LogP contribution in [0.2, 0.25) is 0 Å². The zero-order valence-electron chi connectivity index (χ0n) is 58.8. The lowest BCUT2D eigenvalue weighted by molar-refractivity contribution is -0.143. The van der Waals surface area contributed by atoms with Crippen molar-refractivity contribution in [3.8, 4) is 0 Å². The number of unbranched alkanes of at least 4 members (excludes halogenated alkanes) is 63. The molecule has 0 aliphatic rings. The Morgan fingerprint density at radius 1 is 0.314 bits per heavy atom. The number of aliphatic hydroxyl groups is 2. The smallest absolute Gasteiger partial charge is 0.305 e. The first kappa shape index (κ1) is 84.6. The lowest BCUT2D eigenvalue weighted by Crippen LogP contribution is -2.45. The van der Waals surface area contributed by atoms with E-state index in [0.717, 1.165) is 38.5 Å². The minimum atomic E-state index is -0.664. The first-order valence-corrected chi connectivity index (χ1v) is 39.9. The Kier molecular flexibility index (Phi) is 74.8. The number of carbonyl (C=O) groups excluding carboxylic acids is 2. The molecular formula is C80H157NO5. The highest BCUT2D eigenvalue weighted by molar-refractivity contribution is 5.76. The number of rotatable bonds is 76. The van der Waals surface area contributed by atoms with E-state index in [-0.39, 0.29) is 18.5 Å². The third kappa shape index (κ3) is 71.7. The van der Waals surface area contributed by atoms with E-state index >= 15 is 0 Å². The van der Waals surface area contributed by atoms with Crippen molar-refractivity contribution in [1.29, 1.82) is 0 Å². The summed E-state index contributed by atoms with van der Waals surface area (Å²) in [4.78, 5) is 24.7. The molecule has 2 unspecified atom stereocenters. The first-order chi connectivity index (χ1) is 42.5. The second-order valence-corrected chi connectivity index (χ2v) is 27.8. The molecule has 2 atom stereocenters. The molecule has 0 spiro atoms. The summed E-state index contributed by atoms with van der Waals surface area (Å²) in [5, 5.41) is 23.5. The Labute approximate surface area is 539 Å². The van der Waals surface area contributed by atoms with Gasteiger partial charge in [-0.1, -0.05) is 411 Å². The van der Waals surface area contributed by atoms with Crippen LogP contribution in [0.25, 0.3) is 0 Å². The van der Waals surface area contributed by atoms with Gasteiger partial charge in [-0.15, -0.1) is 0 Å². The Morgan fingerprint density at radius 3 is 0.826 bits per heavy atom. The van der Waals surface area contributed by atoms with Crippen molar-refractivity contribution in [3.63, 3.8) is 0 Å². The lowest BCUT2D eigenvalue weighted by atomic mass is 10.0. The fourth-order valence-electron chi connectivity index (χ4n) is 13.0. The average molecular weight is 1210 g/mol. The summed E-state index contributed by atoms with van der Waals surface area (Å²) in [5.41, 5.74) is 0. The number of ether oxygens (including phenoxy) is 1. The molecule has 0 aromatic heterocycles. The van der Waals surface area contributed by atoms with Gasteiger partial charge in [0.15, 0.2) is 0 Å². The monoisotopic (exact) mass is 1210 g/mol. The quantitative estimate of drug-likeness (QED) is 0.0320. The average Bonchev–Trinajstić information content (AvgIpc) is 3.58. The molecule has 86 heavy (non-hydrogen) atoms. The third-order valence-corrected chi connectivity index (χ3v) is 19.1. The molecule has 6 heteroatoms. The molecule has 3 N–H and O–H groups in total. The van der Waals surface area contributed by atoms with Crippen LogP contribution in [0.1, 0.15) is 463 Å². The van der Waals surface area contributed by atoms with E-state index in [1.54, 1.807) is 0 Å². The van der Waals surface area contributed by atoms with Crippen molar-refractivity contribution in [2.24, 2.45) is 0 Å². The molecule has 1 amide bonds. The lowest BCUT2D eigenvalue weighted by Gasteiger charge is -2.22. The van der Waals surface area contributed by atoms with Crippen LogP contribution < -0.4 is 5.32 Å². The predicted molar refractivity (Wildman–Crippen MR) is 380 cm³/mol. The summed E-state index contributed by atoms with van der Waals surface area (Å²) in [6.45, 7) is 5.01. The van der Waals surface area contributed by atoms with Gasteiger partial charge in [-0.2, -0.15) is 0 Å². The fourth-order valence-corrected chi connectivity index (χ4v) is 13.0. The molecule has 0 aliphatic carbocycles. The Bertz CT molecular complexity index is 1300. The maximum atomic E-state index is 12.6. The van der Waals surface area contributed by atoms with Gasteiger partial charge in [-0.25, -0.2) is 0 Å².